The van der Waals surface area contributed by atoms with Crippen LogP contribution < -0.4 is 10.5 Å². The third-order valence-electron chi connectivity index (χ3n) is 3.00. The molecule has 0 aliphatic carbocycles. The first kappa shape index (κ1) is 15.2. The Morgan fingerprint density at radius 2 is 2.29 bits per heavy atom. The summed E-state index contributed by atoms with van der Waals surface area (Å²) in [5.41, 5.74) is 6.54. The van der Waals surface area contributed by atoms with E-state index in [9.17, 15) is 9.18 Å². The number of thiazole rings is 1. The Hall–Kier alpha value is -2.15. The van der Waals surface area contributed by atoms with Crippen molar-refractivity contribution in [3.63, 3.8) is 0 Å². The van der Waals surface area contributed by atoms with Crippen LogP contribution in [0.2, 0.25) is 0 Å². The molecule has 1 aromatic carbocycles. The highest BCUT2D eigenvalue weighted by atomic mass is 32.1. The van der Waals surface area contributed by atoms with Crippen LogP contribution in [0.1, 0.15) is 23.0 Å². The number of carbonyl (C=O) groups is 1. The molecule has 0 radical (unpaired) electrons. The van der Waals surface area contributed by atoms with Crippen molar-refractivity contribution in [3.05, 3.63) is 40.7 Å². The number of methoxy groups -OCH3 is 1. The fourth-order valence-electron chi connectivity index (χ4n) is 1.90. The average molecular weight is 309 g/mol. The second-order valence-corrected chi connectivity index (χ2v) is 5.25. The minimum atomic E-state index is -0.448. The number of hydrogen-bond acceptors (Lipinski definition) is 5. The summed E-state index contributed by atoms with van der Waals surface area (Å²) >= 11 is 1.22. The fraction of sp³-hybridized carbons (Fsp3) is 0.286. The number of nitrogens with two attached hydrogens (primary N) is 1. The van der Waals surface area contributed by atoms with Gasteiger partial charge in [0.05, 0.1) is 7.11 Å². The first-order valence-corrected chi connectivity index (χ1v) is 7.25. The molecule has 112 valence electrons. The van der Waals surface area contributed by atoms with E-state index < -0.39 is 5.82 Å². The number of carbonyl (C=O) groups excluding carboxylic acids is 1. The molecule has 1 aromatic heterocycles. The van der Waals surface area contributed by atoms with Crippen LogP contribution in [-0.2, 0) is 6.54 Å². The third kappa shape index (κ3) is 3.49. The molecule has 2 N–H and O–H groups in total. The molecule has 0 atom stereocenters. The van der Waals surface area contributed by atoms with Gasteiger partial charge in [-0.1, -0.05) is 6.07 Å². The first-order chi connectivity index (χ1) is 10.0. The van der Waals surface area contributed by atoms with E-state index in [2.05, 4.69) is 4.98 Å². The topological polar surface area (TPSA) is 68.5 Å². The molecule has 0 fully saturated rings. The number of nitrogen functional groups attached to an aromatic ring is 1. The van der Waals surface area contributed by atoms with E-state index in [1.165, 1.54) is 24.5 Å². The van der Waals surface area contributed by atoms with Gasteiger partial charge in [0.1, 0.15) is 5.69 Å². The molecule has 0 saturated heterocycles. The van der Waals surface area contributed by atoms with Crippen molar-refractivity contribution in [2.45, 2.75) is 13.5 Å². The summed E-state index contributed by atoms with van der Waals surface area (Å²) < 4.78 is 18.5. The summed E-state index contributed by atoms with van der Waals surface area (Å²) in [5, 5.41) is 1.97. The summed E-state index contributed by atoms with van der Waals surface area (Å²) in [6, 6.07) is 4.64. The van der Waals surface area contributed by atoms with Crippen molar-refractivity contribution >= 4 is 22.4 Å². The van der Waals surface area contributed by atoms with E-state index in [1.807, 2.05) is 6.92 Å². The van der Waals surface area contributed by atoms with Gasteiger partial charge in [-0.2, -0.15) is 0 Å². The van der Waals surface area contributed by atoms with Crippen molar-refractivity contribution in [3.8, 4) is 5.75 Å². The number of nitrogens with zero attached hydrogens (tertiary/aromatic N) is 2. The minimum Gasteiger partial charge on any atom is -0.494 e. The lowest BCUT2D eigenvalue weighted by molar-refractivity contribution is 0.0747. The van der Waals surface area contributed by atoms with Crippen LogP contribution in [0, 0.1) is 5.82 Å². The number of anilines is 1. The van der Waals surface area contributed by atoms with Gasteiger partial charge in [-0.3, -0.25) is 4.79 Å². The lowest BCUT2D eigenvalue weighted by atomic mass is 10.2. The molecule has 1 amide bonds. The van der Waals surface area contributed by atoms with Gasteiger partial charge in [-0.25, -0.2) is 9.37 Å². The number of aromatic nitrogens is 1. The van der Waals surface area contributed by atoms with Crippen LogP contribution in [0.15, 0.2) is 23.6 Å². The largest absolute Gasteiger partial charge is 0.494 e. The quantitative estimate of drug-likeness (QED) is 0.921. The maximum absolute atomic E-state index is 13.7. The fourth-order valence-corrected chi connectivity index (χ4v) is 2.44. The second-order valence-electron chi connectivity index (χ2n) is 4.36. The maximum Gasteiger partial charge on any atom is 0.273 e. The lowest BCUT2D eigenvalue weighted by Crippen LogP contribution is -2.30. The summed E-state index contributed by atoms with van der Waals surface area (Å²) in [6.45, 7) is 2.64. The maximum atomic E-state index is 13.7. The van der Waals surface area contributed by atoms with Gasteiger partial charge >= 0.3 is 0 Å². The van der Waals surface area contributed by atoms with Gasteiger partial charge in [-0.05, 0) is 24.6 Å². The Kier molecular flexibility index (Phi) is 4.74. The Balaban J connectivity index is 2.15. The van der Waals surface area contributed by atoms with Gasteiger partial charge in [0.2, 0.25) is 0 Å². The van der Waals surface area contributed by atoms with E-state index in [1.54, 1.807) is 22.4 Å². The van der Waals surface area contributed by atoms with Crippen molar-refractivity contribution in [1.82, 2.24) is 9.88 Å². The molecule has 5 nitrogen and oxygen atoms in total. The normalized spacial score (nSPS) is 10.4. The Morgan fingerprint density at radius 1 is 1.52 bits per heavy atom. The van der Waals surface area contributed by atoms with Crippen molar-refractivity contribution in [1.29, 1.82) is 0 Å². The van der Waals surface area contributed by atoms with Gasteiger partial charge in [0, 0.05) is 18.5 Å². The highest BCUT2D eigenvalue weighted by molar-refractivity contribution is 7.13. The molecule has 0 unspecified atom stereocenters. The molecule has 2 rings (SSSR count). The second kappa shape index (κ2) is 6.53. The van der Waals surface area contributed by atoms with E-state index in [4.69, 9.17) is 10.5 Å². The molecule has 0 aliphatic heterocycles. The molecule has 0 saturated carbocycles. The van der Waals surface area contributed by atoms with Gasteiger partial charge in [0.25, 0.3) is 5.91 Å². The summed E-state index contributed by atoms with van der Waals surface area (Å²) in [7, 11) is 1.41. The molecule has 7 heteroatoms. The summed E-state index contributed by atoms with van der Waals surface area (Å²) in [6.07, 6.45) is 0. The SMILES string of the molecule is CCN(Cc1ccc(OC)c(F)c1)C(=O)c1csc(N)n1. The third-order valence-corrected chi connectivity index (χ3v) is 3.67. The number of ether oxygens (including phenoxy) is 1. The highest BCUT2D eigenvalue weighted by Crippen LogP contribution is 2.20. The molecule has 1 heterocycles. The smallest absolute Gasteiger partial charge is 0.273 e. The number of hydrogen-bond donors (Lipinski definition) is 1. The highest BCUT2D eigenvalue weighted by Gasteiger charge is 2.18. The molecule has 21 heavy (non-hydrogen) atoms. The van der Waals surface area contributed by atoms with Gasteiger partial charge < -0.3 is 15.4 Å². The van der Waals surface area contributed by atoms with E-state index in [0.717, 1.165) is 0 Å². The Morgan fingerprint density at radius 3 is 2.81 bits per heavy atom. The molecular formula is C14H16FN3O2S. The number of rotatable bonds is 5. The van der Waals surface area contributed by atoms with Gasteiger partial charge in [-0.15, -0.1) is 11.3 Å². The predicted molar refractivity (Wildman–Crippen MR) is 79.9 cm³/mol. The van der Waals surface area contributed by atoms with Crippen LogP contribution in [0.25, 0.3) is 0 Å². The summed E-state index contributed by atoms with van der Waals surface area (Å²) in [4.78, 5) is 17.9. The molecule has 0 aliphatic rings. The van der Waals surface area contributed by atoms with Crippen LogP contribution in [0.5, 0.6) is 5.75 Å². The average Bonchev–Trinajstić information content (AvgIpc) is 2.91. The van der Waals surface area contributed by atoms with Crippen molar-refractivity contribution in [2.24, 2.45) is 0 Å². The van der Waals surface area contributed by atoms with Gasteiger partial charge in [0.15, 0.2) is 16.7 Å². The van der Waals surface area contributed by atoms with Crippen molar-refractivity contribution < 1.29 is 13.9 Å². The molecule has 0 bridgehead atoms. The molecular weight excluding hydrogens is 293 g/mol. The zero-order valence-electron chi connectivity index (χ0n) is 11.8. The lowest BCUT2D eigenvalue weighted by Gasteiger charge is -2.20. The van der Waals surface area contributed by atoms with E-state index in [0.29, 0.717) is 29.5 Å². The zero-order chi connectivity index (χ0) is 15.4. The van der Waals surface area contributed by atoms with Crippen LogP contribution in [0.3, 0.4) is 0 Å². The monoisotopic (exact) mass is 309 g/mol. The zero-order valence-corrected chi connectivity index (χ0v) is 12.6. The Labute approximate surface area is 126 Å². The molecule has 0 spiro atoms. The molecule has 2 aromatic rings. The Bertz CT molecular complexity index is 645. The van der Waals surface area contributed by atoms with Crippen molar-refractivity contribution in [2.75, 3.05) is 19.4 Å². The predicted octanol–water partition coefficient (Wildman–Crippen LogP) is 2.54. The number of halogens is 1. The standard InChI is InChI=1S/C14H16FN3O2S/c1-3-18(13(19)11-8-21-14(16)17-11)7-9-4-5-12(20-2)10(15)6-9/h4-6,8H,3,7H2,1-2H3,(H2,16,17). The number of amides is 1. The van der Waals surface area contributed by atoms with Crippen LogP contribution in [0.4, 0.5) is 9.52 Å². The van der Waals surface area contributed by atoms with E-state index >= 15 is 0 Å². The minimum absolute atomic E-state index is 0.181. The van der Waals surface area contributed by atoms with Crippen LogP contribution in [-0.4, -0.2) is 29.4 Å². The first-order valence-electron chi connectivity index (χ1n) is 6.37. The van der Waals surface area contributed by atoms with E-state index in [-0.39, 0.29) is 11.7 Å². The number of benzene rings is 1. The van der Waals surface area contributed by atoms with Crippen LogP contribution >= 0.6 is 11.3 Å². The summed E-state index contributed by atoms with van der Waals surface area (Å²) in [5.74, 6) is -0.488.